The van der Waals surface area contributed by atoms with Crippen LogP contribution in [0.5, 0.6) is 0 Å². The molecular formula is C12H26N2O2. The van der Waals surface area contributed by atoms with Crippen molar-refractivity contribution in [1.29, 1.82) is 0 Å². The van der Waals surface area contributed by atoms with E-state index < -0.39 is 11.5 Å². The van der Waals surface area contributed by atoms with Crippen molar-refractivity contribution in [2.75, 3.05) is 13.6 Å². The highest BCUT2D eigenvalue weighted by molar-refractivity contribution is 5.77. The van der Waals surface area contributed by atoms with E-state index >= 15 is 0 Å². The summed E-state index contributed by atoms with van der Waals surface area (Å²) in [6.45, 7) is 6.84. The maximum absolute atomic E-state index is 10.8. The number of aliphatic carboxylic acids is 1. The minimum atomic E-state index is -1.09. The summed E-state index contributed by atoms with van der Waals surface area (Å²) < 4.78 is 0. The van der Waals surface area contributed by atoms with Gasteiger partial charge in [-0.15, -0.1) is 0 Å². The van der Waals surface area contributed by atoms with Crippen molar-refractivity contribution in [3.05, 3.63) is 0 Å². The summed E-state index contributed by atoms with van der Waals surface area (Å²) in [4.78, 5) is 13.1. The van der Waals surface area contributed by atoms with Gasteiger partial charge < -0.3 is 15.7 Å². The highest BCUT2D eigenvalue weighted by Gasteiger charge is 2.27. The van der Waals surface area contributed by atoms with Gasteiger partial charge in [0, 0.05) is 6.04 Å². The van der Waals surface area contributed by atoms with E-state index in [9.17, 15) is 4.79 Å². The van der Waals surface area contributed by atoms with Gasteiger partial charge in [-0.1, -0.05) is 13.8 Å². The lowest BCUT2D eigenvalue weighted by Gasteiger charge is -2.27. The summed E-state index contributed by atoms with van der Waals surface area (Å²) >= 11 is 0. The van der Waals surface area contributed by atoms with Crippen molar-refractivity contribution in [1.82, 2.24) is 4.90 Å². The lowest BCUT2D eigenvalue weighted by atomic mass is 9.97. The molecule has 1 atom stereocenters. The lowest BCUT2D eigenvalue weighted by Crippen LogP contribution is -2.45. The van der Waals surface area contributed by atoms with Gasteiger partial charge in [-0.05, 0) is 46.2 Å². The zero-order chi connectivity index (χ0) is 12.8. The largest absolute Gasteiger partial charge is 0.480 e. The topological polar surface area (TPSA) is 66.6 Å². The van der Waals surface area contributed by atoms with Gasteiger partial charge in [0.15, 0.2) is 0 Å². The predicted molar refractivity (Wildman–Crippen MR) is 66.5 cm³/mol. The monoisotopic (exact) mass is 230 g/mol. The van der Waals surface area contributed by atoms with Crippen molar-refractivity contribution in [3.8, 4) is 0 Å². The van der Waals surface area contributed by atoms with Gasteiger partial charge in [0.05, 0.1) is 0 Å². The molecule has 0 spiro atoms. The van der Waals surface area contributed by atoms with Crippen LogP contribution in [0, 0.1) is 0 Å². The molecular weight excluding hydrogens is 204 g/mol. The SMILES string of the molecule is CCC(CC)N(C)CCCC(C)(N)C(=O)O. The fourth-order valence-electron chi connectivity index (χ4n) is 1.90. The molecule has 4 heteroatoms. The van der Waals surface area contributed by atoms with Gasteiger partial charge in [-0.25, -0.2) is 0 Å². The maximum Gasteiger partial charge on any atom is 0.323 e. The van der Waals surface area contributed by atoms with Gasteiger partial charge >= 0.3 is 5.97 Å². The lowest BCUT2D eigenvalue weighted by molar-refractivity contribution is -0.142. The average Bonchev–Trinajstić information content (AvgIpc) is 2.19. The number of nitrogens with two attached hydrogens (primary N) is 1. The number of nitrogens with zero attached hydrogens (tertiary/aromatic N) is 1. The molecule has 0 aliphatic carbocycles. The van der Waals surface area contributed by atoms with Crippen LogP contribution in [0.4, 0.5) is 0 Å². The molecule has 4 nitrogen and oxygen atoms in total. The zero-order valence-corrected chi connectivity index (χ0v) is 11.0. The molecule has 0 aromatic rings. The van der Waals surface area contributed by atoms with Crippen LogP contribution < -0.4 is 5.73 Å². The normalized spacial score (nSPS) is 15.4. The second-order valence-electron chi connectivity index (χ2n) is 4.78. The van der Waals surface area contributed by atoms with Crippen molar-refractivity contribution >= 4 is 5.97 Å². The molecule has 0 saturated carbocycles. The van der Waals surface area contributed by atoms with Gasteiger partial charge in [0.25, 0.3) is 0 Å². The molecule has 1 unspecified atom stereocenters. The standard InChI is InChI=1S/C12H26N2O2/c1-5-10(6-2)14(4)9-7-8-12(3,13)11(15)16/h10H,5-9,13H2,1-4H3,(H,15,16). The Morgan fingerprint density at radius 1 is 1.44 bits per heavy atom. The van der Waals surface area contributed by atoms with Crippen molar-refractivity contribution in [2.45, 2.75) is 58.0 Å². The second kappa shape index (κ2) is 6.86. The van der Waals surface area contributed by atoms with Crippen molar-refractivity contribution < 1.29 is 9.90 Å². The van der Waals surface area contributed by atoms with Crippen molar-refractivity contribution in [3.63, 3.8) is 0 Å². The molecule has 0 bridgehead atoms. The highest BCUT2D eigenvalue weighted by Crippen LogP contribution is 2.12. The molecule has 0 aromatic heterocycles. The van der Waals surface area contributed by atoms with Crippen LogP contribution in [0.3, 0.4) is 0 Å². The maximum atomic E-state index is 10.8. The summed E-state index contributed by atoms with van der Waals surface area (Å²) in [7, 11) is 2.09. The molecule has 0 aromatic carbocycles. The van der Waals surface area contributed by atoms with Gasteiger partial charge in [-0.2, -0.15) is 0 Å². The molecule has 3 N–H and O–H groups in total. The minimum Gasteiger partial charge on any atom is -0.480 e. The molecule has 0 fully saturated rings. The molecule has 0 aliphatic heterocycles. The molecule has 0 saturated heterocycles. The Balaban J connectivity index is 3.94. The van der Waals surface area contributed by atoms with E-state index in [4.69, 9.17) is 10.8 Å². The van der Waals surface area contributed by atoms with E-state index in [1.807, 2.05) is 0 Å². The van der Waals surface area contributed by atoms with E-state index in [1.165, 1.54) is 0 Å². The summed E-state index contributed by atoms with van der Waals surface area (Å²) in [6, 6.07) is 0.592. The fourth-order valence-corrected chi connectivity index (χ4v) is 1.90. The Hall–Kier alpha value is -0.610. The number of carbonyl (C=O) groups is 1. The van der Waals surface area contributed by atoms with Crippen LogP contribution in [-0.4, -0.2) is 41.1 Å². The van der Waals surface area contributed by atoms with E-state index in [2.05, 4.69) is 25.8 Å². The summed E-state index contributed by atoms with van der Waals surface area (Å²) in [5.74, 6) is -0.919. The minimum absolute atomic E-state index is 0.521. The molecule has 0 rings (SSSR count). The van der Waals surface area contributed by atoms with E-state index in [-0.39, 0.29) is 0 Å². The first kappa shape index (κ1) is 15.4. The number of carboxylic acids is 1. The van der Waals surface area contributed by atoms with Crippen molar-refractivity contribution in [2.24, 2.45) is 5.73 Å². The van der Waals surface area contributed by atoms with Crippen LogP contribution in [0.15, 0.2) is 0 Å². The van der Waals surface area contributed by atoms with Crippen LogP contribution in [-0.2, 0) is 4.79 Å². The van der Waals surface area contributed by atoms with Crippen LogP contribution in [0.2, 0.25) is 0 Å². The molecule has 16 heavy (non-hydrogen) atoms. The second-order valence-corrected chi connectivity index (χ2v) is 4.78. The van der Waals surface area contributed by atoms with Crippen LogP contribution in [0.25, 0.3) is 0 Å². The number of carboxylic acid groups (broad SMARTS) is 1. The number of hydrogen-bond acceptors (Lipinski definition) is 3. The Morgan fingerprint density at radius 2 is 1.94 bits per heavy atom. The van der Waals surface area contributed by atoms with E-state index in [0.717, 1.165) is 25.8 Å². The summed E-state index contributed by atoms with van der Waals surface area (Å²) in [5, 5.41) is 8.87. The Morgan fingerprint density at radius 3 is 2.31 bits per heavy atom. The first-order valence-electron chi connectivity index (χ1n) is 6.07. The fraction of sp³-hybridized carbons (Fsp3) is 0.917. The Kier molecular flexibility index (Phi) is 6.60. The average molecular weight is 230 g/mol. The van der Waals surface area contributed by atoms with Gasteiger partial charge in [-0.3, -0.25) is 4.79 Å². The third kappa shape index (κ3) is 4.94. The third-order valence-electron chi connectivity index (χ3n) is 3.26. The van der Waals surface area contributed by atoms with Crippen LogP contribution in [0.1, 0.15) is 46.5 Å². The number of hydrogen-bond donors (Lipinski definition) is 2. The first-order valence-corrected chi connectivity index (χ1v) is 6.07. The highest BCUT2D eigenvalue weighted by atomic mass is 16.4. The molecule has 0 radical (unpaired) electrons. The Labute approximate surface area is 98.8 Å². The van der Waals surface area contributed by atoms with Gasteiger partial charge in [0.2, 0.25) is 0 Å². The quantitative estimate of drug-likeness (QED) is 0.666. The third-order valence-corrected chi connectivity index (χ3v) is 3.26. The van der Waals surface area contributed by atoms with E-state index in [0.29, 0.717) is 12.5 Å². The van der Waals surface area contributed by atoms with E-state index in [1.54, 1.807) is 6.92 Å². The molecule has 0 aliphatic rings. The summed E-state index contributed by atoms with van der Waals surface area (Å²) in [6.07, 6.45) is 3.61. The number of rotatable bonds is 8. The summed E-state index contributed by atoms with van der Waals surface area (Å²) in [5.41, 5.74) is 4.58. The molecule has 0 heterocycles. The predicted octanol–water partition coefficient (Wildman–Crippen LogP) is 1.69. The molecule has 0 amide bonds. The first-order chi connectivity index (χ1) is 7.35. The molecule has 96 valence electrons. The Bertz CT molecular complexity index is 213. The zero-order valence-electron chi connectivity index (χ0n) is 11.0. The smallest absolute Gasteiger partial charge is 0.323 e. The van der Waals surface area contributed by atoms with Gasteiger partial charge in [0.1, 0.15) is 5.54 Å². The van der Waals surface area contributed by atoms with Crippen LogP contribution >= 0.6 is 0 Å².